The number of carbonyl (C=O) groups is 1. The third-order valence-electron chi connectivity index (χ3n) is 4.04. The first-order chi connectivity index (χ1) is 13.0. The van der Waals surface area contributed by atoms with Crippen LogP contribution in [0.25, 0.3) is 11.0 Å². The summed E-state index contributed by atoms with van der Waals surface area (Å²) in [6.45, 7) is 3.27. The van der Waals surface area contributed by atoms with Crippen LogP contribution in [0.2, 0.25) is 5.02 Å². The molecule has 0 saturated carbocycles. The molecule has 140 valence electrons. The van der Waals surface area contributed by atoms with E-state index in [-0.39, 0.29) is 16.6 Å². The van der Waals surface area contributed by atoms with Gasteiger partial charge >= 0.3 is 0 Å². The van der Waals surface area contributed by atoms with Gasteiger partial charge in [0.25, 0.3) is 5.91 Å². The highest BCUT2D eigenvalue weighted by molar-refractivity contribution is 6.30. The van der Waals surface area contributed by atoms with Gasteiger partial charge in [-0.25, -0.2) is 14.4 Å². The van der Waals surface area contributed by atoms with Crippen LogP contribution < -0.4 is 16.4 Å². The zero-order valence-corrected chi connectivity index (χ0v) is 15.3. The maximum Gasteiger partial charge on any atom is 0.251 e. The summed E-state index contributed by atoms with van der Waals surface area (Å²) in [6.07, 6.45) is 2.81. The molecule has 4 N–H and O–H groups in total. The van der Waals surface area contributed by atoms with E-state index < -0.39 is 11.7 Å². The highest BCUT2D eigenvalue weighted by Crippen LogP contribution is 2.26. The van der Waals surface area contributed by atoms with E-state index in [0.29, 0.717) is 23.4 Å². The van der Waals surface area contributed by atoms with Crippen LogP contribution in [0, 0.1) is 5.82 Å². The summed E-state index contributed by atoms with van der Waals surface area (Å²) in [5.74, 6) is -0.643. The van der Waals surface area contributed by atoms with E-state index in [2.05, 4.69) is 25.6 Å². The van der Waals surface area contributed by atoms with Crippen molar-refractivity contribution in [3.8, 4) is 0 Å². The molecule has 0 aliphatic heterocycles. The number of nitrogens with one attached hydrogen (secondary N) is 2. The first-order valence-corrected chi connectivity index (χ1v) is 8.70. The lowest BCUT2D eigenvalue weighted by Gasteiger charge is -2.21. The minimum Gasteiger partial charge on any atom is -0.366 e. The Balaban J connectivity index is 2.02. The molecule has 1 amide bonds. The quantitative estimate of drug-likeness (QED) is 0.574. The number of nitrogens with zero attached hydrogens (tertiary/aromatic N) is 3. The number of likely N-dealkylation sites (N-methyl/N-ethyl adjacent to an activating group) is 1. The van der Waals surface area contributed by atoms with Gasteiger partial charge in [-0.15, -0.1) is 0 Å². The Bertz CT molecular complexity index is 983. The monoisotopic (exact) mass is 388 g/mol. The molecular weight excluding hydrogens is 371 g/mol. The lowest BCUT2D eigenvalue weighted by atomic mass is 10.1. The zero-order chi connectivity index (χ0) is 19.4. The first kappa shape index (κ1) is 18.9. The Morgan fingerprint density at radius 1 is 1.26 bits per heavy atom. The van der Waals surface area contributed by atoms with Gasteiger partial charge in [0.15, 0.2) is 5.82 Å². The molecule has 0 radical (unpaired) electrons. The number of halogens is 2. The number of pyridine rings is 1. The van der Waals surface area contributed by atoms with Gasteiger partial charge in [0.05, 0.1) is 16.6 Å². The highest BCUT2D eigenvalue weighted by atomic mass is 35.5. The van der Waals surface area contributed by atoms with Crippen molar-refractivity contribution in [2.24, 2.45) is 5.73 Å². The van der Waals surface area contributed by atoms with E-state index in [9.17, 15) is 9.18 Å². The second-order valence-electron chi connectivity index (χ2n) is 5.82. The van der Waals surface area contributed by atoms with Crippen molar-refractivity contribution in [2.45, 2.75) is 13.0 Å². The Kier molecular flexibility index (Phi) is 5.78. The topological polar surface area (TPSA) is 106 Å². The largest absolute Gasteiger partial charge is 0.366 e. The molecule has 0 aliphatic rings. The molecule has 3 rings (SSSR count). The molecule has 0 bridgehead atoms. The molecule has 0 fully saturated rings. The average Bonchev–Trinajstić information content (AvgIpc) is 2.66. The molecule has 27 heavy (non-hydrogen) atoms. The lowest BCUT2D eigenvalue weighted by Crippen LogP contribution is -2.27. The molecule has 2 heterocycles. The number of primary amides is 1. The SMILES string of the molecule is CCNC[C@@H](Nc1ncnc2c(C(N)=O)ccnc12)c1ccc(F)c(Cl)c1. The fraction of sp³-hybridized carbons (Fsp3) is 0.222. The van der Waals surface area contributed by atoms with E-state index in [1.807, 2.05) is 6.92 Å². The summed E-state index contributed by atoms with van der Waals surface area (Å²) in [5, 5.41) is 6.56. The van der Waals surface area contributed by atoms with E-state index in [1.165, 1.54) is 24.7 Å². The van der Waals surface area contributed by atoms with Crippen LogP contribution in [-0.2, 0) is 0 Å². The van der Waals surface area contributed by atoms with Crippen LogP contribution in [0.5, 0.6) is 0 Å². The highest BCUT2D eigenvalue weighted by Gasteiger charge is 2.17. The normalized spacial score (nSPS) is 12.1. The summed E-state index contributed by atoms with van der Waals surface area (Å²) in [5.41, 5.74) is 7.23. The minimum atomic E-state index is -0.596. The van der Waals surface area contributed by atoms with Crippen molar-refractivity contribution in [1.82, 2.24) is 20.3 Å². The lowest BCUT2D eigenvalue weighted by molar-refractivity contribution is 0.100. The number of aromatic nitrogens is 3. The van der Waals surface area contributed by atoms with Crippen molar-refractivity contribution in [3.05, 3.63) is 58.8 Å². The molecule has 2 aromatic heterocycles. The van der Waals surface area contributed by atoms with Crippen molar-refractivity contribution < 1.29 is 9.18 Å². The average molecular weight is 389 g/mol. The maximum absolute atomic E-state index is 13.5. The molecule has 1 aromatic carbocycles. The van der Waals surface area contributed by atoms with E-state index in [0.717, 1.165) is 12.1 Å². The number of amides is 1. The summed E-state index contributed by atoms with van der Waals surface area (Å²) >= 11 is 5.93. The van der Waals surface area contributed by atoms with Crippen molar-refractivity contribution in [3.63, 3.8) is 0 Å². The molecule has 3 aromatic rings. The fourth-order valence-corrected chi connectivity index (χ4v) is 2.89. The third kappa shape index (κ3) is 4.12. The smallest absolute Gasteiger partial charge is 0.251 e. The van der Waals surface area contributed by atoms with E-state index >= 15 is 0 Å². The molecule has 7 nitrogen and oxygen atoms in total. The molecule has 0 unspecified atom stereocenters. The molecular formula is C18H18ClFN6O. The van der Waals surface area contributed by atoms with Crippen LogP contribution in [0.3, 0.4) is 0 Å². The summed E-state index contributed by atoms with van der Waals surface area (Å²) in [7, 11) is 0. The van der Waals surface area contributed by atoms with Gasteiger partial charge in [0.1, 0.15) is 23.2 Å². The number of fused-ring (bicyclic) bond motifs is 1. The summed E-state index contributed by atoms with van der Waals surface area (Å²) < 4.78 is 13.5. The maximum atomic E-state index is 13.5. The Hall–Kier alpha value is -2.84. The fourth-order valence-electron chi connectivity index (χ4n) is 2.70. The van der Waals surface area contributed by atoms with Gasteiger partial charge in [-0.3, -0.25) is 9.78 Å². The second-order valence-corrected chi connectivity index (χ2v) is 6.23. The Morgan fingerprint density at radius 3 is 2.78 bits per heavy atom. The van der Waals surface area contributed by atoms with Crippen LogP contribution in [-0.4, -0.2) is 33.9 Å². The number of rotatable bonds is 7. The number of hydrogen-bond acceptors (Lipinski definition) is 6. The van der Waals surface area contributed by atoms with Gasteiger partial charge < -0.3 is 16.4 Å². The predicted octanol–water partition coefficient (Wildman–Crippen LogP) is 2.68. The zero-order valence-electron chi connectivity index (χ0n) is 14.5. The van der Waals surface area contributed by atoms with Crippen LogP contribution in [0.1, 0.15) is 28.9 Å². The molecule has 9 heteroatoms. The summed E-state index contributed by atoms with van der Waals surface area (Å²) in [6, 6.07) is 5.79. The third-order valence-corrected chi connectivity index (χ3v) is 4.33. The summed E-state index contributed by atoms with van der Waals surface area (Å²) in [4.78, 5) is 24.3. The van der Waals surface area contributed by atoms with Crippen LogP contribution in [0.4, 0.5) is 10.2 Å². The Morgan fingerprint density at radius 2 is 2.07 bits per heavy atom. The number of hydrogen-bond donors (Lipinski definition) is 3. The standard InChI is InChI=1S/C18H18ClFN6O/c1-2-22-8-14(10-3-4-13(20)12(19)7-10)26-18-16-15(24-9-25-18)11(17(21)27)5-6-23-16/h3-7,9,14,22H,2,8H2,1H3,(H2,21,27)(H,24,25,26)/t14-/m1/s1. The van der Waals surface area contributed by atoms with Crippen molar-refractivity contribution in [2.75, 3.05) is 18.4 Å². The minimum absolute atomic E-state index is 0.0393. The van der Waals surface area contributed by atoms with Crippen LogP contribution in [0.15, 0.2) is 36.8 Å². The van der Waals surface area contributed by atoms with E-state index in [4.69, 9.17) is 17.3 Å². The number of anilines is 1. The predicted molar refractivity (Wildman–Crippen MR) is 102 cm³/mol. The second kappa shape index (κ2) is 8.24. The van der Waals surface area contributed by atoms with Crippen molar-refractivity contribution in [1.29, 1.82) is 0 Å². The number of nitrogens with two attached hydrogens (primary N) is 1. The first-order valence-electron chi connectivity index (χ1n) is 8.33. The van der Waals surface area contributed by atoms with E-state index in [1.54, 1.807) is 12.1 Å². The molecule has 0 aliphatic carbocycles. The van der Waals surface area contributed by atoms with Crippen molar-refractivity contribution >= 4 is 34.4 Å². The molecule has 0 spiro atoms. The molecule has 1 atom stereocenters. The number of carbonyl (C=O) groups excluding carboxylic acids is 1. The van der Waals surface area contributed by atoms with Crippen LogP contribution >= 0.6 is 11.6 Å². The van der Waals surface area contributed by atoms with Gasteiger partial charge in [-0.2, -0.15) is 0 Å². The van der Waals surface area contributed by atoms with Gasteiger partial charge in [0, 0.05) is 12.7 Å². The van der Waals surface area contributed by atoms with Gasteiger partial charge in [0.2, 0.25) is 0 Å². The Labute approximate surface area is 160 Å². The van der Waals surface area contributed by atoms with Gasteiger partial charge in [-0.1, -0.05) is 24.6 Å². The van der Waals surface area contributed by atoms with Gasteiger partial charge in [-0.05, 0) is 30.3 Å². The number of benzene rings is 1. The molecule has 0 saturated heterocycles.